The maximum Gasteiger partial charge on any atom is 0.336 e. The van der Waals surface area contributed by atoms with Crippen LogP contribution in [0.25, 0.3) is 0 Å². The molecule has 0 spiro atoms. The number of carboxylic acid groups (broad SMARTS) is 1. The van der Waals surface area contributed by atoms with Crippen LogP contribution >= 0.6 is 23.2 Å². The zero-order chi connectivity index (χ0) is 15.6. The molecule has 0 radical (unpaired) electrons. The van der Waals surface area contributed by atoms with Crippen molar-refractivity contribution < 1.29 is 14.8 Å². The molecular formula is C14H9Cl2NO4. The van der Waals surface area contributed by atoms with Gasteiger partial charge in [-0.1, -0.05) is 35.3 Å². The van der Waals surface area contributed by atoms with Crippen LogP contribution in [0.3, 0.4) is 0 Å². The zero-order valence-electron chi connectivity index (χ0n) is 10.5. The molecule has 5 nitrogen and oxygen atoms in total. The molecule has 7 heteroatoms. The summed E-state index contributed by atoms with van der Waals surface area (Å²) in [5.41, 5.74) is 0.868. The second kappa shape index (κ2) is 6.11. The molecule has 0 aliphatic heterocycles. The first kappa shape index (κ1) is 15.3. The van der Waals surface area contributed by atoms with Crippen LogP contribution in [-0.2, 0) is 6.42 Å². The van der Waals surface area contributed by atoms with Gasteiger partial charge in [-0.25, -0.2) is 4.79 Å². The van der Waals surface area contributed by atoms with E-state index in [9.17, 15) is 20.0 Å². The Morgan fingerprint density at radius 2 is 1.86 bits per heavy atom. The van der Waals surface area contributed by atoms with Gasteiger partial charge in [-0.3, -0.25) is 10.1 Å². The van der Waals surface area contributed by atoms with Crippen molar-refractivity contribution in [2.45, 2.75) is 6.42 Å². The van der Waals surface area contributed by atoms with E-state index in [4.69, 9.17) is 23.2 Å². The summed E-state index contributed by atoms with van der Waals surface area (Å²) in [6, 6.07) is 8.74. The average Bonchev–Trinajstić information content (AvgIpc) is 2.43. The SMILES string of the molecule is O=C(O)c1cc([N+](=O)[O-])ccc1Cc1ccc(Cl)c(Cl)c1. The molecule has 0 aromatic heterocycles. The minimum atomic E-state index is -1.21. The minimum Gasteiger partial charge on any atom is -0.478 e. The molecule has 21 heavy (non-hydrogen) atoms. The summed E-state index contributed by atoms with van der Waals surface area (Å²) in [5.74, 6) is -1.21. The number of non-ortho nitro benzene ring substituents is 1. The van der Waals surface area contributed by atoms with E-state index in [0.29, 0.717) is 15.6 Å². The number of hydrogen-bond acceptors (Lipinski definition) is 3. The van der Waals surface area contributed by atoms with Crippen LogP contribution in [0.4, 0.5) is 5.69 Å². The van der Waals surface area contributed by atoms with E-state index in [0.717, 1.165) is 11.6 Å². The van der Waals surface area contributed by atoms with E-state index >= 15 is 0 Å². The molecular weight excluding hydrogens is 317 g/mol. The molecule has 1 N–H and O–H groups in total. The van der Waals surface area contributed by atoms with Crippen LogP contribution in [0.1, 0.15) is 21.5 Å². The maximum atomic E-state index is 11.2. The Morgan fingerprint density at radius 3 is 2.43 bits per heavy atom. The van der Waals surface area contributed by atoms with Gasteiger partial charge in [-0.05, 0) is 29.7 Å². The highest BCUT2D eigenvalue weighted by atomic mass is 35.5. The summed E-state index contributed by atoms with van der Waals surface area (Å²) in [5, 5.41) is 20.7. The lowest BCUT2D eigenvalue weighted by Crippen LogP contribution is -2.04. The molecule has 0 saturated heterocycles. The number of carboxylic acids is 1. The van der Waals surface area contributed by atoms with Crippen molar-refractivity contribution in [1.82, 2.24) is 0 Å². The average molecular weight is 326 g/mol. The zero-order valence-corrected chi connectivity index (χ0v) is 12.1. The van der Waals surface area contributed by atoms with Crippen LogP contribution in [-0.4, -0.2) is 16.0 Å². The van der Waals surface area contributed by atoms with Crippen molar-refractivity contribution in [3.8, 4) is 0 Å². The quantitative estimate of drug-likeness (QED) is 0.675. The monoisotopic (exact) mass is 325 g/mol. The lowest BCUT2D eigenvalue weighted by atomic mass is 9.99. The number of hydrogen-bond donors (Lipinski definition) is 1. The van der Waals surface area contributed by atoms with Crippen molar-refractivity contribution in [3.63, 3.8) is 0 Å². The fraction of sp³-hybridized carbons (Fsp3) is 0.0714. The summed E-state index contributed by atoms with van der Waals surface area (Å²) in [7, 11) is 0. The largest absolute Gasteiger partial charge is 0.478 e. The molecule has 0 amide bonds. The van der Waals surface area contributed by atoms with Gasteiger partial charge >= 0.3 is 5.97 Å². The highest BCUT2D eigenvalue weighted by Gasteiger charge is 2.16. The molecule has 0 bridgehead atoms. The fourth-order valence-electron chi connectivity index (χ4n) is 1.90. The summed E-state index contributed by atoms with van der Waals surface area (Å²) in [6.45, 7) is 0. The van der Waals surface area contributed by atoms with Gasteiger partial charge in [-0.15, -0.1) is 0 Å². The van der Waals surface area contributed by atoms with Crippen LogP contribution in [0, 0.1) is 10.1 Å². The third kappa shape index (κ3) is 3.51. The van der Waals surface area contributed by atoms with Gasteiger partial charge in [0.1, 0.15) is 0 Å². The summed E-state index contributed by atoms with van der Waals surface area (Å²) in [6.07, 6.45) is 0.288. The van der Waals surface area contributed by atoms with Gasteiger partial charge in [0.2, 0.25) is 0 Å². The molecule has 0 aliphatic carbocycles. The van der Waals surface area contributed by atoms with Crippen LogP contribution < -0.4 is 0 Å². The second-order valence-electron chi connectivity index (χ2n) is 4.33. The number of nitrogens with zero attached hydrogens (tertiary/aromatic N) is 1. The lowest BCUT2D eigenvalue weighted by molar-refractivity contribution is -0.384. The van der Waals surface area contributed by atoms with Gasteiger partial charge < -0.3 is 5.11 Å². The smallest absolute Gasteiger partial charge is 0.336 e. The third-order valence-electron chi connectivity index (χ3n) is 2.91. The van der Waals surface area contributed by atoms with Gasteiger partial charge in [-0.2, -0.15) is 0 Å². The Hall–Kier alpha value is -2.11. The van der Waals surface area contributed by atoms with Crippen LogP contribution in [0.2, 0.25) is 10.0 Å². The number of rotatable bonds is 4. The van der Waals surface area contributed by atoms with E-state index in [1.807, 2.05) is 0 Å². The van der Waals surface area contributed by atoms with Crippen molar-refractivity contribution in [3.05, 3.63) is 73.2 Å². The van der Waals surface area contributed by atoms with E-state index in [2.05, 4.69) is 0 Å². The normalized spacial score (nSPS) is 10.4. The number of nitro groups is 1. The van der Waals surface area contributed by atoms with Crippen LogP contribution in [0.5, 0.6) is 0 Å². The van der Waals surface area contributed by atoms with Gasteiger partial charge in [0.25, 0.3) is 5.69 Å². The third-order valence-corrected chi connectivity index (χ3v) is 3.65. The van der Waals surface area contributed by atoms with Crippen LogP contribution in [0.15, 0.2) is 36.4 Å². The van der Waals surface area contributed by atoms with Crippen molar-refractivity contribution in [1.29, 1.82) is 0 Å². The standard InChI is InChI=1S/C14H9Cl2NO4/c15-12-4-1-8(6-13(12)16)5-9-2-3-10(17(20)21)7-11(9)14(18)19/h1-4,6-7H,5H2,(H,18,19). The molecule has 2 rings (SSSR count). The van der Waals surface area contributed by atoms with Gasteiger partial charge in [0.15, 0.2) is 0 Å². The van der Waals surface area contributed by atoms with Gasteiger partial charge in [0, 0.05) is 12.1 Å². The van der Waals surface area contributed by atoms with Crippen molar-refractivity contribution in [2.75, 3.05) is 0 Å². The molecule has 2 aromatic carbocycles. The first-order valence-electron chi connectivity index (χ1n) is 5.83. The topological polar surface area (TPSA) is 80.4 Å². The Balaban J connectivity index is 2.41. The van der Waals surface area contributed by atoms with Crippen molar-refractivity contribution >= 4 is 34.9 Å². The predicted octanol–water partition coefficient (Wildman–Crippen LogP) is 4.19. The molecule has 0 aliphatic rings. The first-order valence-corrected chi connectivity index (χ1v) is 6.58. The second-order valence-corrected chi connectivity index (χ2v) is 5.14. The fourth-order valence-corrected chi connectivity index (χ4v) is 2.22. The number of benzene rings is 2. The molecule has 0 fully saturated rings. The van der Waals surface area contributed by atoms with E-state index in [-0.39, 0.29) is 17.7 Å². The number of halogens is 2. The van der Waals surface area contributed by atoms with Gasteiger partial charge in [0.05, 0.1) is 20.5 Å². The summed E-state index contributed by atoms with van der Waals surface area (Å²) < 4.78 is 0. The Morgan fingerprint density at radius 1 is 1.14 bits per heavy atom. The van der Waals surface area contributed by atoms with E-state index < -0.39 is 10.9 Å². The maximum absolute atomic E-state index is 11.2. The highest BCUT2D eigenvalue weighted by molar-refractivity contribution is 6.42. The van der Waals surface area contributed by atoms with E-state index in [1.54, 1.807) is 18.2 Å². The van der Waals surface area contributed by atoms with E-state index in [1.165, 1.54) is 12.1 Å². The molecule has 108 valence electrons. The number of carbonyl (C=O) groups is 1. The molecule has 2 aromatic rings. The summed E-state index contributed by atoms with van der Waals surface area (Å²) >= 11 is 11.7. The first-order chi connectivity index (χ1) is 9.88. The minimum absolute atomic E-state index is 0.102. The molecule has 0 unspecified atom stereocenters. The van der Waals surface area contributed by atoms with Crippen molar-refractivity contribution in [2.24, 2.45) is 0 Å². The lowest BCUT2D eigenvalue weighted by Gasteiger charge is -2.07. The predicted molar refractivity (Wildman–Crippen MR) is 79.3 cm³/mol. The Bertz CT molecular complexity index is 731. The number of nitro benzene ring substituents is 1. The molecule has 0 saturated carbocycles. The summed E-state index contributed by atoms with van der Waals surface area (Å²) in [4.78, 5) is 21.3. The Kier molecular flexibility index (Phi) is 4.45. The Labute approximate surface area is 129 Å². The molecule has 0 heterocycles. The highest BCUT2D eigenvalue weighted by Crippen LogP contribution is 2.26. The molecule has 0 atom stereocenters. The number of aromatic carboxylic acids is 1.